The van der Waals surface area contributed by atoms with Crippen LogP contribution in [0, 0.1) is 0 Å². The molecule has 0 radical (unpaired) electrons. The Morgan fingerprint density at radius 2 is 1.76 bits per heavy atom. The van der Waals surface area contributed by atoms with Gasteiger partial charge in [-0.15, -0.1) is 0 Å². The molecule has 0 bridgehead atoms. The van der Waals surface area contributed by atoms with Crippen molar-refractivity contribution in [2.45, 2.75) is 26.1 Å². The van der Waals surface area contributed by atoms with Gasteiger partial charge in [0.1, 0.15) is 12.4 Å². The molecular formula is C17H19NO3. The number of carbonyl (C=O) groups excluding carboxylic acids is 1. The van der Waals surface area contributed by atoms with Gasteiger partial charge in [0.25, 0.3) is 0 Å². The summed E-state index contributed by atoms with van der Waals surface area (Å²) in [5.41, 5.74) is 7.51. The number of benzene rings is 2. The Morgan fingerprint density at radius 1 is 1.14 bits per heavy atom. The molecule has 0 aromatic heterocycles. The second kappa shape index (κ2) is 6.90. The lowest BCUT2D eigenvalue weighted by Crippen LogP contribution is -2.10. The lowest BCUT2D eigenvalue weighted by molar-refractivity contribution is 0.1000. The second-order valence-electron chi connectivity index (χ2n) is 4.84. The number of amides is 1. The lowest BCUT2D eigenvalue weighted by atomic mass is 10.1. The second-order valence-corrected chi connectivity index (χ2v) is 4.84. The summed E-state index contributed by atoms with van der Waals surface area (Å²) in [6.45, 7) is 2.35. The first-order valence-corrected chi connectivity index (χ1v) is 6.89. The zero-order valence-corrected chi connectivity index (χ0v) is 12.0. The Bertz CT molecular complexity index is 590. The van der Waals surface area contributed by atoms with Crippen LogP contribution in [0.15, 0.2) is 48.5 Å². The maximum absolute atomic E-state index is 11.0. The van der Waals surface area contributed by atoms with Crippen LogP contribution in [0.5, 0.6) is 5.75 Å². The van der Waals surface area contributed by atoms with Crippen LogP contribution in [0.2, 0.25) is 0 Å². The van der Waals surface area contributed by atoms with E-state index in [-0.39, 0.29) is 0 Å². The maximum atomic E-state index is 11.0. The number of primary amides is 1. The highest BCUT2D eigenvalue weighted by atomic mass is 16.5. The molecule has 0 saturated carbocycles. The van der Waals surface area contributed by atoms with Crippen molar-refractivity contribution in [3.8, 4) is 5.75 Å². The number of hydrogen-bond acceptors (Lipinski definition) is 3. The predicted octanol–water partition coefficient (Wildman–Crippen LogP) is 2.81. The minimum atomic E-state index is -0.437. The van der Waals surface area contributed by atoms with Gasteiger partial charge in [-0.2, -0.15) is 0 Å². The molecule has 2 aromatic carbocycles. The van der Waals surface area contributed by atoms with E-state index in [1.807, 2.05) is 43.3 Å². The van der Waals surface area contributed by atoms with Crippen molar-refractivity contribution in [3.05, 3.63) is 65.2 Å². The van der Waals surface area contributed by atoms with Crippen LogP contribution in [0.4, 0.5) is 0 Å². The van der Waals surface area contributed by atoms with E-state index in [4.69, 9.17) is 10.5 Å². The van der Waals surface area contributed by atoms with E-state index < -0.39 is 12.0 Å². The maximum Gasteiger partial charge on any atom is 0.248 e. The summed E-state index contributed by atoms with van der Waals surface area (Å²) in [6.07, 6.45) is 0.257. The molecule has 0 aliphatic heterocycles. The van der Waals surface area contributed by atoms with Crippen molar-refractivity contribution in [1.82, 2.24) is 0 Å². The summed E-state index contributed by atoms with van der Waals surface area (Å²) in [4.78, 5) is 11.0. The SMILES string of the molecule is CCC(O)c1ccc(OCc2ccc(C(N)=O)cc2)cc1. The van der Waals surface area contributed by atoms with Gasteiger partial charge in [0.15, 0.2) is 0 Å². The topological polar surface area (TPSA) is 72.6 Å². The largest absolute Gasteiger partial charge is 0.489 e. The normalized spacial score (nSPS) is 11.9. The molecule has 0 spiro atoms. The van der Waals surface area contributed by atoms with Crippen molar-refractivity contribution in [1.29, 1.82) is 0 Å². The molecule has 0 aliphatic rings. The van der Waals surface area contributed by atoms with E-state index in [1.165, 1.54) is 0 Å². The molecule has 4 heteroatoms. The molecule has 1 atom stereocenters. The Hall–Kier alpha value is -2.33. The summed E-state index contributed by atoms with van der Waals surface area (Å²) >= 11 is 0. The van der Waals surface area contributed by atoms with Gasteiger partial charge in [0.2, 0.25) is 5.91 Å². The van der Waals surface area contributed by atoms with Crippen LogP contribution >= 0.6 is 0 Å². The van der Waals surface area contributed by atoms with Crippen LogP contribution < -0.4 is 10.5 Å². The number of carbonyl (C=O) groups is 1. The molecule has 21 heavy (non-hydrogen) atoms. The molecule has 1 amide bonds. The number of aliphatic hydroxyl groups excluding tert-OH is 1. The number of aliphatic hydroxyl groups is 1. The Morgan fingerprint density at radius 3 is 2.29 bits per heavy atom. The van der Waals surface area contributed by atoms with E-state index in [2.05, 4.69) is 0 Å². The molecular weight excluding hydrogens is 266 g/mol. The smallest absolute Gasteiger partial charge is 0.248 e. The minimum Gasteiger partial charge on any atom is -0.489 e. The van der Waals surface area contributed by atoms with Crippen LogP contribution in [0.1, 0.15) is 40.9 Å². The fourth-order valence-corrected chi connectivity index (χ4v) is 1.95. The van der Waals surface area contributed by atoms with Crippen LogP contribution in [-0.2, 0) is 6.61 Å². The average Bonchev–Trinajstić information content (AvgIpc) is 2.53. The Kier molecular flexibility index (Phi) is 4.95. The van der Waals surface area contributed by atoms with Crippen molar-refractivity contribution in [2.75, 3.05) is 0 Å². The highest BCUT2D eigenvalue weighted by molar-refractivity contribution is 5.92. The first kappa shape index (κ1) is 15.1. The summed E-state index contributed by atoms with van der Waals surface area (Å²) in [5.74, 6) is 0.300. The Balaban J connectivity index is 1.95. The van der Waals surface area contributed by atoms with Gasteiger partial charge in [-0.05, 0) is 41.8 Å². The first-order valence-electron chi connectivity index (χ1n) is 6.89. The molecule has 0 fully saturated rings. The highest BCUT2D eigenvalue weighted by Gasteiger charge is 2.05. The zero-order chi connectivity index (χ0) is 15.2. The van der Waals surface area contributed by atoms with Crippen molar-refractivity contribution in [2.24, 2.45) is 5.73 Å². The summed E-state index contributed by atoms with van der Waals surface area (Å²) < 4.78 is 5.66. The monoisotopic (exact) mass is 285 g/mol. The summed E-state index contributed by atoms with van der Waals surface area (Å²) in [6, 6.07) is 14.4. The molecule has 4 nitrogen and oxygen atoms in total. The average molecular weight is 285 g/mol. The number of nitrogens with two attached hydrogens (primary N) is 1. The van der Waals surface area contributed by atoms with Crippen LogP contribution in [-0.4, -0.2) is 11.0 Å². The molecule has 2 aromatic rings. The van der Waals surface area contributed by atoms with E-state index in [0.717, 1.165) is 16.9 Å². The van der Waals surface area contributed by atoms with E-state index in [0.29, 0.717) is 18.6 Å². The van der Waals surface area contributed by atoms with Gasteiger partial charge in [-0.1, -0.05) is 31.2 Å². The fraction of sp³-hybridized carbons (Fsp3) is 0.235. The van der Waals surface area contributed by atoms with Gasteiger partial charge >= 0.3 is 0 Å². The number of rotatable bonds is 6. The lowest BCUT2D eigenvalue weighted by Gasteiger charge is -2.10. The Labute approximate surface area is 124 Å². The van der Waals surface area contributed by atoms with Crippen LogP contribution in [0.25, 0.3) is 0 Å². The highest BCUT2D eigenvalue weighted by Crippen LogP contribution is 2.20. The summed E-state index contributed by atoms with van der Waals surface area (Å²) in [5, 5.41) is 9.72. The van der Waals surface area contributed by atoms with E-state index in [1.54, 1.807) is 12.1 Å². The van der Waals surface area contributed by atoms with E-state index in [9.17, 15) is 9.90 Å². The quantitative estimate of drug-likeness (QED) is 0.857. The van der Waals surface area contributed by atoms with Crippen molar-refractivity contribution >= 4 is 5.91 Å². The van der Waals surface area contributed by atoms with Crippen molar-refractivity contribution < 1.29 is 14.6 Å². The van der Waals surface area contributed by atoms with Gasteiger partial charge in [-0.3, -0.25) is 4.79 Å². The molecule has 0 heterocycles. The van der Waals surface area contributed by atoms with E-state index >= 15 is 0 Å². The zero-order valence-electron chi connectivity index (χ0n) is 12.0. The molecule has 0 aliphatic carbocycles. The number of ether oxygens (including phenoxy) is 1. The first-order chi connectivity index (χ1) is 10.1. The minimum absolute atomic E-state index is 0.411. The van der Waals surface area contributed by atoms with Gasteiger partial charge < -0.3 is 15.6 Å². The fourth-order valence-electron chi connectivity index (χ4n) is 1.95. The molecule has 1 unspecified atom stereocenters. The summed E-state index contributed by atoms with van der Waals surface area (Å²) in [7, 11) is 0. The predicted molar refractivity (Wildman–Crippen MR) is 81.0 cm³/mol. The van der Waals surface area contributed by atoms with Crippen molar-refractivity contribution in [3.63, 3.8) is 0 Å². The standard InChI is InChI=1S/C17H19NO3/c1-2-16(19)13-7-9-15(10-8-13)21-11-12-3-5-14(6-4-12)17(18)20/h3-10,16,19H,2,11H2,1H3,(H2,18,20). The third-order valence-electron chi connectivity index (χ3n) is 3.30. The van der Waals surface area contributed by atoms with Gasteiger partial charge in [0.05, 0.1) is 6.10 Å². The van der Waals surface area contributed by atoms with Crippen LogP contribution in [0.3, 0.4) is 0 Å². The van der Waals surface area contributed by atoms with Gasteiger partial charge in [0, 0.05) is 5.56 Å². The number of hydrogen-bond donors (Lipinski definition) is 2. The molecule has 2 rings (SSSR count). The molecule has 110 valence electrons. The van der Waals surface area contributed by atoms with Gasteiger partial charge in [-0.25, -0.2) is 0 Å². The third kappa shape index (κ3) is 4.07. The third-order valence-corrected chi connectivity index (χ3v) is 3.30. The molecule has 0 saturated heterocycles. The molecule has 3 N–H and O–H groups in total.